The lowest BCUT2D eigenvalue weighted by Gasteiger charge is -2.34. The minimum absolute atomic E-state index is 0.404. The number of aromatic nitrogens is 3. The van der Waals surface area contributed by atoms with Crippen molar-refractivity contribution in [2.24, 2.45) is 5.92 Å². The van der Waals surface area contributed by atoms with Gasteiger partial charge in [-0.2, -0.15) is 0 Å². The second kappa shape index (κ2) is 5.72. The Balaban J connectivity index is 1.45. The van der Waals surface area contributed by atoms with Gasteiger partial charge in [0.25, 0.3) is 0 Å². The first-order valence-corrected chi connectivity index (χ1v) is 8.12. The van der Waals surface area contributed by atoms with E-state index in [0.717, 1.165) is 30.5 Å². The molecule has 2 aliphatic rings. The SMILES string of the molecule is C[C@H]1c2ncc(COc3cccnc3)n2CCN1CC1CC1. The topological polar surface area (TPSA) is 43.2 Å². The van der Waals surface area contributed by atoms with Crippen LogP contribution in [0.3, 0.4) is 0 Å². The van der Waals surface area contributed by atoms with Gasteiger partial charge in [0.15, 0.2) is 0 Å². The Morgan fingerprint density at radius 1 is 1.27 bits per heavy atom. The number of nitrogens with zero attached hydrogens (tertiary/aromatic N) is 4. The Labute approximate surface area is 130 Å². The fourth-order valence-corrected chi connectivity index (χ4v) is 3.19. The first-order chi connectivity index (χ1) is 10.8. The van der Waals surface area contributed by atoms with Crippen LogP contribution < -0.4 is 4.74 Å². The van der Waals surface area contributed by atoms with Crippen LogP contribution in [0.25, 0.3) is 0 Å². The van der Waals surface area contributed by atoms with Crippen molar-refractivity contribution in [1.82, 2.24) is 19.4 Å². The van der Waals surface area contributed by atoms with Crippen LogP contribution in [0.15, 0.2) is 30.7 Å². The van der Waals surface area contributed by atoms with Crippen LogP contribution in [-0.4, -0.2) is 32.5 Å². The van der Waals surface area contributed by atoms with Crippen molar-refractivity contribution in [3.05, 3.63) is 42.2 Å². The van der Waals surface area contributed by atoms with Crippen molar-refractivity contribution in [3.63, 3.8) is 0 Å². The number of imidazole rings is 1. The quantitative estimate of drug-likeness (QED) is 0.851. The average Bonchev–Trinajstić information content (AvgIpc) is 3.27. The van der Waals surface area contributed by atoms with Gasteiger partial charge >= 0.3 is 0 Å². The highest BCUT2D eigenvalue weighted by molar-refractivity contribution is 5.17. The summed E-state index contributed by atoms with van der Waals surface area (Å²) in [4.78, 5) is 11.3. The second-order valence-electron chi connectivity index (χ2n) is 6.35. The molecule has 116 valence electrons. The van der Waals surface area contributed by atoms with Crippen molar-refractivity contribution in [1.29, 1.82) is 0 Å². The molecule has 1 aliphatic carbocycles. The van der Waals surface area contributed by atoms with E-state index in [1.54, 1.807) is 12.4 Å². The Morgan fingerprint density at radius 3 is 2.95 bits per heavy atom. The molecule has 0 aromatic carbocycles. The standard InChI is InChI=1S/C17H22N4O/c1-13-17-19-9-15(12-22-16-3-2-6-18-10-16)21(17)8-7-20(13)11-14-4-5-14/h2-3,6,9-10,13-14H,4-5,7-8,11-12H2,1H3/t13-/m0/s1. The fraction of sp³-hybridized carbons (Fsp3) is 0.529. The number of fused-ring (bicyclic) bond motifs is 1. The van der Waals surface area contributed by atoms with Gasteiger partial charge in [-0.05, 0) is 37.8 Å². The molecule has 5 heteroatoms. The highest BCUT2D eigenvalue weighted by atomic mass is 16.5. The summed E-state index contributed by atoms with van der Waals surface area (Å²) in [6.07, 6.45) is 8.27. The van der Waals surface area contributed by atoms with Crippen molar-refractivity contribution in [3.8, 4) is 5.75 Å². The largest absolute Gasteiger partial charge is 0.486 e. The Kier molecular flexibility index (Phi) is 3.58. The van der Waals surface area contributed by atoms with Gasteiger partial charge in [-0.15, -0.1) is 0 Å². The lowest BCUT2D eigenvalue weighted by molar-refractivity contribution is 0.154. The third-order valence-electron chi connectivity index (χ3n) is 4.71. The van der Waals surface area contributed by atoms with Crippen LogP contribution in [-0.2, 0) is 13.2 Å². The molecule has 0 radical (unpaired) electrons. The smallest absolute Gasteiger partial charge is 0.138 e. The monoisotopic (exact) mass is 298 g/mol. The first kappa shape index (κ1) is 13.8. The zero-order valence-electron chi connectivity index (χ0n) is 13.0. The van der Waals surface area contributed by atoms with Crippen LogP contribution in [0.4, 0.5) is 0 Å². The molecule has 0 bridgehead atoms. The van der Waals surface area contributed by atoms with Gasteiger partial charge in [-0.1, -0.05) is 0 Å². The Morgan fingerprint density at radius 2 is 2.18 bits per heavy atom. The van der Waals surface area contributed by atoms with Gasteiger partial charge in [-0.3, -0.25) is 9.88 Å². The molecule has 3 heterocycles. The van der Waals surface area contributed by atoms with Crippen molar-refractivity contribution in [2.45, 2.75) is 39.0 Å². The summed E-state index contributed by atoms with van der Waals surface area (Å²) >= 11 is 0. The van der Waals surface area contributed by atoms with Crippen LogP contribution in [0.5, 0.6) is 5.75 Å². The number of hydrogen-bond donors (Lipinski definition) is 0. The molecule has 0 unspecified atom stereocenters. The molecule has 5 nitrogen and oxygen atoms in total. The van der Waals surface area contributed by atoms with E-state index in [1.165, 1.54) is 25.2 Å². The maximum absolute atomic E-state index is 5.82. The summed E-state index contributed by atoms with van der Waals surface area (Å²) in [6, 6.07) is 4.22. The molecule has 2 aromatic rings. The summed E-state index contributed by atoms with van der Waals surface area (Å²) in [6.45, 7) is 6.18. The molecule has 1 fully saturated rings. The van der Waals surface area contributed by atoms with Crippen molar-refractivity contribution < 1.29 is 4.74 Å². The molecule has 1 saturated carbocycles. The van der Waals surface area contributed by atoms with E-state index < -0.39 is 0 Å². The average molecular weight is 298 g/mol. The summed E-state index contributed by atoms with van der Waals surface area (Å²) < 4.78 is 8.14. The van der Waals surface area contributed by atoms with E-state index in [-0.39, 0.29) is 0 Å². The number of pyridine rings is 1. The fourth-order valence-electron chi connectivity index (χ4n) is 3.19. The van der Waals surface area contributed by atoms with E-state index >= 15 is 0 Å². The molecule has 4 rings (SSSR count). The number of ether oxygens (including phenoxy) is 1. The normalized spacial score (nSPS) is 21.6. The molecule has 2 aromatic heterocycles. The zero-order chi connectivity index (χ0) is 14.9. The van der Waals surface area contributed by atoms with Gasteiger partial charge in [-0.25, -0.2) is 4.98 Å². The summed E-state index contributed by atoms with van der Waals surface area (Å²) in [5.41, 5.74) is 1.15. The third-order valence-corrected chi connectivity index (χ3v) is 4.71. The highest BCUT2D eigenvalue weighted by Crippen LogP contribution is 2.34. The van der Waals surface area contributed by atoms with E-state index in [4.69, 9.17) is 4.74 Å². The van der Waals surface area contributed by atoms with Gasteiger partial charge in [0, 0.05) is 25.8 Å². The predicted octanol–water partition coefficient (Wildman–Crippen LogP) is 2.64. The van der Waals surface area contributed by atoms with E-state index in [1.807, 2.05) is 18.3 Å². The zero-order valence-corrected chi connectivity index (χ0v) is 13.0. The highest BCUT2D eigenvalue weighted by Gasteiger charge is 2.31. The second-order valence-corrected chi connectivity index (χ2v) is 6.35. The molecule has 1 atom stereocenters. The van der Waals surface area contributed by atoms with Gasteiger partial charge in [0.05, 0.1) is 24.1 Å². The first-order valence-electron chi connectivity index (χ1n) is 8.12. The number of hydrogen-bond acceptors (Lipinski definition) is 4. The molecular formula is C17H22N4O. The number of rotatable bonds is 5. The van der Waals surface area contributed by atoms with Gasteiger partial charge in [0.1, 0.15) is 18.2 Å². The lowest BCUT2D eigenvalue weighted by atomic mass is 10.2. The molecule has 0 spiro atoms. The summed E-state index contributed by atoms with van der Waals surface area (Å²) in [5, 5.41) is 0. The minimum atomic E-state index is 0.404. The molecule has 0 saturated heterocycles. The molecular weight excluding hydrogens is 276 g/mol. The van der Waals surface area contributed by atoms with Crippen molar-refractivity contribution >= 4 is 0 Å². The molecule has 22 heavy (non-hydrogen) atoms. The van der Waals surface area contributed by atoms with Gasteiger partial charge < -0.3 is 9.30 Å². The maximum atomic E-state index is 5.82. The van der Waals surface area contributed by atoms with Crippen LogP contribution in [0, 0.1) is 5.92 Å². The molecule has 0 N–H and O–H groups in total. The predicted molar refractivity (Wildman–Crippen MR) is 83.5 cm³/mol. The lowest BCUT2D eigenvalue weighted by Crippen LogP contribution is -2.38. The Bertz CT molecular complexity index is 635. The summed E-state index contributed by atoms with van der Waals surface area (Å²) in [7, 11) is 0. The van der Waals surface area contributed by atoms with Crippen molar-refractivity contribution in [2.75, 3.05) is 13.1 Å². The van der Waals surface area contributed by atoms with E-state index in [2.05, 4.69) is 26.4 Å². The molecule has 0 amide bonds. The van der Waals surface area contributed by atoms with Crippen LogP contribution >= 0.6 is 0 Å². The minimum Gasteiger partial charge on any atom is -0.486 e. The Hall–Kier alpha value is -1.88. The van der Waals surface area contributed by atoms with Gasteiger partial charge in [0.2, 0.25) is 0 Å². The van der Waals surface area contributed by atoms with E-state index in [9.17, 15) is 0 Å². The maximum Gasteiger partial charge on any atom is 0.138 e. The van der Waals surface area contributed by atoms with Crippen LogP contribution in [0.2, 0.25) is 0 Å². The third kappa shape index (κ3) is 2.73. The van der Waals surface area contributed by atoms with Crippen LogP contribution in [0.1, 0.15) is 37.3 Å². The summed E-state index contributed by atoms with van der Waals surface area (Å²) in [5.74, 6) is 2.91. The molecule has 1 aliphatic heterocycles. The van der Waals surface area contributed by atoms with E-state index in [0.29, 0.717) is 12.6 Å².